The van der Waals surface area contributed by atoms with Gasteiger partial charge in [0.15, 0.2) is 0 Å². The molecule has 1 saturated carbocycles. The number of carboxylic acids is 1. The Morgan fingerprint density at radius 3 is 2.50 bits per heavy atom. The Hall–Kier alpha value is -0.585. The van der Waals surface area contributed by atoms with E-state index in [0.29, 0.717) is 25.1 Å². The summed E-state index contributed by atoms with van der Waals surface area (Å²) in [5.74, 6) is -0.475. The quantitative estimate of drug-likeness (QED) is 0.605. The van der Waals surface area contributed by atoms with Crippen molar-refractivity contribution in [3.05, 3.63) is 0 Å². The maximum atomic E-state index is 11.3. The van der Waals surface area contributed by atoms with E-state index in [2.05, 4.69) is 0 Å². The maximum absolute atomic E-state index is 11.3. The summed E-state index contributed by atoms with van der Waals surface area (Å²) in [6.07, 6.45) is 3.63. The van der Waals surface area contributed by atoms with Gasteiger partial charge in [0.25, 0.3) is 0 Å². The normalized spacial score (nSPS) is 28.4. The summed E-state index contributed by atoms with van der Waals surface area (Å²) in [5.41, 5.74) is 0. The van der Waals surface area contributed by atoms with E-state index >= 15 is 0 Å². The second-order valence-corrected chi connectivity index (χ2v) is 5.70. The Labute approximate surface area is 109 Å². The van der Waals surface area contributed by atoms with Crippen LogP contribution in [0.15, 0.2) is 0 Å². The minimum Gasteiger partial charge on any atom is -0.481 e. The molecule has 0 heterocycles. The highest BCUT2D eigenvalue weighted by atomic mass is 16.4. The molecule has 1 aliphatic carbocycles. The Kier molecular flexibility index (Phi) is 6.12. The van der Waals surface area contributed by atoms with E-state index in [9.17, 15) is 9.90 Å². The third-order valence-corrected chi connectivity index (χ3v) is 3.85. The van der Waals surface area contributed by atoms with E-state index in [1.54, 1.807) is 0 Å². The third kappa shape index (κ3) is 4.96. The molecule has 1 aliphatic rings. The first kappa shape index (κ1) is 15.5. The lowest BCUT2D eigenvalue weighted by molar-refractivity contribution is -0.146. The van der Waals surface area contributed by atoms with Gasteiger partial charge in [0.2, 0.25) is 0 Å². The second kappa shape index (κ2) is 7.11. The summed E-state index contributed by atoms with van der Waals surface area (Å²) < 4.78 is 0. The zero-order valence-corrected chi connectivity index (χ0v) is 11.2. The molecule has 2 unspecified atom stereocenters. The monoisotopic (exact) mass is 257 g/mol. The van der Waals surface area contributed by atoms with Crippen LogP contribution in [0.4, 0.5) is 0 Å². The highest BCUT2D eigenvalue weighted by Crippen LogP contribution is 2.36. The van der Waals surface area contributed by atoms with Crippen LogP contribution in [0.5, 0.6) is 0 Å². The summed E-state index contributed by atoms with van der Waals surface area (Å²) >= 11 is 0. The van der Waals surface area contributed by atoms with Crippen molar-refractivity contribution in [1.82, 2.24) is 4.90 Å². The fraction of sp³-hybridized carbons (Fsp3) is 0.917. The van der Waals surface area contributed by atoms with Gasteiger partial charge >= 0.3 is 13.1 Å². The number of carboxylic acid groups (broad SMARTS) is 1. The zero-order chi connectivity index (χ0) is 13.7. The number of aliphatic carboxylic acids is 1. The smallest absolute Gasteiger partial charge is 0.451 e. The van der Waals surface area contributed by atoms with Crippen molar-refractivity contribution < 1.29 is 19.9 Å². The van der Waals surface area contributed by atoms with Crippen LogP contribution in [-0.4, -0.2) is 53.8 Å². The highest BCUT2D eigenvalue weighted by molar-refractivity contribution is 6.40. The molecular formula is C12H24BNO4. The van der Waals surface area contributed by atoms with Crippen molar-refractivity contribution in [2.45, 2.75) is 32.0 Å². The molecule has 1 rings (SSSR count). The number of hydrogen-bond donors (Lipinski definition) is 3. The molecule has 1 fully saturated rings. The first-order chi connectivity index (χ1) is 8.40. The zero-order valence-electron chi connectivity index (χ0n) is 11.2. The molecule has 5 nitrogen and oxygen atoms in total. The van der Waals surface area contributed by atoms with Crippen molar-refractivity contribution >= 4 is 13.1 Å². The van der Waals surface area contributed by atoms with Gasteiger partial charge in [-0.1, -0.05) is 12.8 Å². The molecule has 0 bridgehead atoms. The maximum Gasteiger partial charge on any atom is 0.451 e. The van der Waals surface area contributed by atoms with Gasteiger partial charge in [0.1, 0.15) is 0 Å². The van der Waals surface area contributed by atoms with E-state index in [1.807, 2.05) is 19.0 Å². The molecular weight excluding hydrogens is 233 g/mol. The predicted octanol–water partition coefficient (Wildman–Crippen LogP) is 0.528. The summed E-state index contributed by atoms with van der Waals surface area (Å²) in [7, 11) is 2.66. The summed E-state index contributed by atoms with van der Waals surface area (Å²) in [4.78, 5) is 13.4. The van der Waals surface area contributed by atoms with Crippen LogP contribution in [0.1, 0.15) is 25.7 Å². The summed E-state index contributed by atoms with van der Waals surface area (Å²) in [5, 5.41) is 27.0. The van der Waals surface area contributed by atoms with Crippen molar-refractivity contribution in [1.29, 1.82) is 0 Å². The third-order valence-electron chi connectivity index (χ3n) is 3.85. The summed E-state index contributed by atoms with van der Waals surface area (Å²) in [6.45, 7) is 0.812. The molecule has 0 aliphatic heterocycles. The van der Waals surface area contributed by atoms with Gasteiger partial charge < -0.3 is 20.1 Å². The van der Waals surface area contributed by atoms with Gasteiger partial charge in [-0.2, -0.15) is 0 Å². The lowest BCUT2D eigenvalue weighted by Gasteiger charge is -2.35. The Balaban J connectivity index is 2.51. The second-order valence-electron chi connectivity index (χ2n) is 5.70. The van der Waals surface area contributed by atoms with Crippen LogP contribution in [0.2, 0.25) is 6.32 Å². The lowest BCUT2D eigenvalue weighted by Crippen LogP contribution is -2.37. The molecule has 0 aromatic carbocycles. The topological polar surface area (TPSA) is 81.0 Å². The molecule has 6 heteroatoms. The van der Waals surface area contributed by atoms with E-state index in [1.165, 1.54) is 0 Å². The van der Waals surface area contributed by atoms with Crippen LogP contribution in [0, 0.1) is 17.8 Å². The standard InChI is InChI=1S/C12H24BNO4/c1-14(2)8-10-4-3-9(5-6-13(17)18)7-11(10)12(15)16/h9-11,17-18H,3-8H2,1-2H3,(H,15,16)/t9?,10?,11-/m0/s1. The molecule has 0 aromatic heterocycles. The van der Waals surface area contributed by atoms with Gasteiger partial charge in [-0.3, -0.25) is 4.79 Å². The Morgan fingerprint density at radius 1 is 1.33 bits per heavy atom. The molecule has 104 valence electrons. The Bertz CT molecular complexity index is 273. The Morgan fingerprint density at radius 2 is 2.00 bits per heavy atom. The number of rotatable bonds is 6. The van der Waals surface area contributed by atoms with Gasteiger partial charge in [0, 0.05) is 6.54 Å². The minimum absolute atomic E-state index is 0.216. The van der Waals surface area contributed by atoms with Gasteiger partial charge in [-0.15, -0.1) is 0 Å². The first-order valence-corrected chi connectivity index (χ1v) is 6.63. The fourth-order valence-electron chi connectivity index (χ4n) is 2.96. The molecule has 0 amide bonds. The summed E-state index contributed by atoms with van der Waals surface area (Å²) in [6, 6.07) is 0. The molecule has 0 aromatic rings. The number of nitrogens with zero attached hydrogens (tertiary/aromatic N) is 1. The molecule has 3 N–H and O–H groups in total. The first-order valence-electron chi connectivity index (χ1n) is 6.63. The van der Waals surface area contributed by atoms with Crippen molar-refractivity contribution in [2.24, 2.45) is 17.8 Å². The van der Waals surface area contributed by atoms with Crippen LogP contribution >= 0.6 is 0 Å². The van der Waals surface area contributed by atoms with Crippen LogP contribution in [-0.2, 0) is 4.79 Å². The van der Waals surface area contributed by atoms with E-state index in [4.69, 9.17) is 10.0 Å². The van der Waals surface area contributed by atoms with Crippen LogP contribution in [0.25, 0.3) is 0 Å². The molecule has 0 saturated heterocycles. The lowest BCUT2D eigenvalue weighted by atomic mass is 9.70. The number of hydrogen-bond acceptors (Lipinski definition) is 4. The van der Waals surface area contributed by atoms with E-state index in [0.717, 1.165) is 19.4 Å². The number of carbonyl (C=O) groups is 1. The van der Waals surface area contributed by atoms with E-state index < -0.39 is 13.1 Å². The predicted molar refractivity (Wildman–Crippen MR) is 70.1 cm³/mol. The van der Waals surface area contributed by atoms with Crippen molar-refractivity contribution in [3.63, 3.8) is 0 Å². The fourth-order valence-corrected chi connectivity index (χ4v) is 2.96. The highest BCUT2D eigenvalue weighted by Gasteiger charge is 2.35. The van der Waals surface area contributed by atoms with Gasteiger partial charge in [-0.05, 0) is 45.1 Å². The molecule has 0 spiro atoms. The average Bonchev–Trinajstić information content (AvgIpc) is 2.26. The van der Waals surface area contributed by atoms with Crippen molar-refractivity contribution in [3.8, 4) is 0 Å². The SMILES string of the molecule is CN(C)CC1CCC(CCB(O)O)C[C@@H]1C(=O)O. The van der Waals surface area contributed by atoms with Gasteiger partial charge in [0.05, 0.1) is 5.92 Å². The molecule has 0 radical (unpaired) electrons. The van der Waals surface area contributed by atoms with Gasteiger partial charge in [-0.25, -0.2) is 0 Å². The van der Waals surface area contributed by atoms with Crippen LogP contribution in [0.3, 0.4) is 0 Å². The largest absolute Gasteiger partial charge is 0.481 e. The minimum atomic E-state index is -1.27. The molecule has 18 heavy (non-hydrogen) atoms. The van der Waals surface area contributed by atoms with Crippen LogP contribution < -0.4 is 0 Å². The average molecular weight is 257 g/mol. The molecule has 3 atom stereocenters. The van der Waals surface area contributed by atoms with Crippen molar-refractivity contribution in [2.75, 3.05) is 20.6 Å². The van der Waals surface area contributed by atoms with E-state index in [-0.39, 0.29) is 11.8 Å².